The Kier molecular flexibility index (Phi) is 5.60. The van der Waals surface area contributed by atoms with E-state index in [2.05, 4.69) is 10.6 Å². The summed E-state index contributed by atoms with van der Waals surface area (Å²) in [7, 11) is 1.52. The molecule has 0 aliphatic rings. The molecule has 0 saturated carbocycles. The number of anilines is 2. The van der Waals surface area contributed by atoms with Gasteiger partial charge in [-0.15, -0.1) is 0 Å². The van der Waals surface area contributed by atoms with Gasteiger partial charge in [0.1, 0.15) is 5.75 Å². The van der Waals surface area contributed by atoms with Gasteiger partial charge < -0.3 is 15.4 Å². The Morgan fingerprint density at radius 1 is 1.17 bits per heavy atom. The third kappa shape index (κ3) is 4.72. The fraction of sp³-hybridized carbons (Fsp3) is 0.176. The molecule has 2 aromatic carbocycles. The Hall–Kier alpha value is -2.53. The van der Waals surface area contributed by atoms with Crippen molar-refractivity contribution in [2.24, 2.45) is 0 Å². The van der Waals surface area contributed by atoms with Gasteiger partial charge in [0.05, 0.1) is 19.3 Å². The maximum absolute atomic E-state index is 12.0. The monoisotopic (exact) mass is 332 g/mol. The van der Waals surface area contributed by atoms with E-state index in [4.69, 9.17) is 16.3 Å². The second-order valence-corrected chi connectivity index (χ2v) is 5.32. The Bertz CT molecular complexity index is 732. The van der Waals surface area contributed by atoms with Crippen LogP contribution in [0, 0.1) is 0 Å². The zero-order valence-electron chi connectivity index (χ0n) is 12.9. The third-order valence-electron chi connectivity index (χ3n) is 3.16. The van der Waals surface area contributed by atoms with Crippen LogP contribution in [0.3, 0.4) is 0 Å². The van der Waals surface area contributed by atoms with Crippen LogP contribution in [0.5, 0.6) is 5.75 Å². The van der Waals surface area contributed by atoms with Crippen LogP contribution in [0.4, 0.5) is 11.4 Å². The maximum Gasteiger partial charge on any atom is 0.243 e. The maximum atomic E-state index is 12.0. The standard InChI is InChI=1S/C17H17ClN2O3/c1-11(21)12-4-3-5-14(8-12)19-10-17(22)20-15-9-13(18)6-7-16(15)23-2/h3-9,19H,10H2,1-2H3,(H,20,22). The zero-order valence-corrected chi connectivity index (χ0v) is 13.6. The average Bonchev–Trinajstić information content (AvgIpc) is 2.53. The van der Waals surface area contributed by atoms with Crippen LogP contribution >= 0.6 is 11.6 Å². The van der Waals surface area contributed by atoms with Crippen LogP contribution in [-0.2, 0) is 4.79 Å². The van der Waals surface area contributed by atoms with Crippen LogP contribution < -0.4 is 15.4 Å². The van der Waals surface area contributed by atoms with Gasteiger partial charge in [-0.1, -0.05) is 23.7 Å². The molecule has 0 radical (unpaired) electrons. The lowest BCUT2D eigenvalue weighted by atomic mass is 10.1. The molecule has 2 N–H and O–H groups in total. The van der Waals surface area contributed by atoms with Gasteiger partial charge in [0, 0.05) is 16.3 Å². The van der Waals surface area contributed by atoms with E-state index in [0.717, 1.165) is 0 Å². The van der Waals surface area contributed by atoms with E-state index in [1.54, 1.807) is 42.5 Å². The van der Waals surface area contributed by atoms with E-state index < -0.39 is 0 Å². The predicted molar refractivity (Wildman–Crippen MR) is 91.6 cm³/mol. The summed E-state index contributed by atoms with van der Waals surface area (Å²) in [5, 5.41) is 6.21. The average molecular weight is 333 g/mol. The highest BCUT2D eigenvalue weighted by Gasteiger charge is 2.08. The highest BCUT2D eigenvalue weighted by Crippen LogP contribution is 2.27. The van der Waals surface area contributed by atoms with Crippen molar-refractivity contribution in [3.05, 3.63) is 53.1 Å². The Morgan fingerprint density at radius 2 is 1.96 bits per heavy atom. The Labute approximate surface area is 139 Å². The van der Waals surface area contributed by atoms with Gasteiger partial charge in [-0.25, -0.2) is 0 Å². The van der Waals surface area contributed by atoms with Gasteiger partial charge in [0.2, 0.25) is 5.91 Å². The number of hydrogen-bond acceptors (Lipinski definition) is 4. The minimum absolute atomic E-state index is 0.0261. The van der Waals surface area contributed by atoms with E-state index in [-0.39, 0.29) is 18.2 Å². The normalized spacial score (nSPS) is 10.0. The number of carbonyl (C=O) groups is 2. The van der Waals surface area contributed by atoms with Crippen molar-refractivity contribution in [3.8, 4) is 5.75 Å². The van der Waals surface area contributed by atoms with Gasteiger partial charge in [-0.05, 0) is 37.3 Å². The fourth-order valence-corrected chi connectivity index (χ4v) is 2.17. The summed E-state index contributed by atoms with van der Waals surface area (Å²) in [6.07, 6.45) is 0. The highest BCUT2D eigenvalue weighted by atomic mass is 35.5. The van der Waals surface area contributed by atoms with Crippen molar-refractivity contribution < 1.29 is 14.3 Å². The largest absolute Gasteiger partial charge is 0.495 e. The molecule has 0 unspecified atom stereocenters. The molecule has 0 heterocycles. The minimum Gasteiger partial charge on any atom is -0.495 e. The second-order valence-electron chi connectivity index (χ2n) is 4.88. The lowest BCUT2D eigenvalue weighted by molar-refractivity contribution is -0.114. The molecule has 2 rings (SSSR count). The van der Waals surface area contributed by atoms with Crippen molar-refractivity contribution >= 4 is 34.7 Å². The zero-order chi connectivity index (χ0) is 16.8. The van der Waals surface area contributed by atoms with Crippen molar-refractivity contribution in [3.63, 3.8) is 0 Å². The van der Waals surface area contributed by atoms with Gasteiger partial charge >= 0.3 is 0 Å². The molecule has 23 heavy (non-hydrogen) atoms. The molecule has 0 aliphatic carbocycles. The molecule has 0 fully saturated rings. The smallest absolute Gasteiger partial charge is 0.243 e. The van der Waals surface area contributed by atoms with Crippen LogP contribution in [0.15, 0.2) is 42.5 Å². The number of Topliss-reactive ketones (excluding diaryl/α,β-unsaturated/α-hetero) is 1. The molecule has 0 atom stereocenters. The van der Waals surface area contributed by atoms with Crippen LogP contribution in [0.25, 0.3) is 0 Å². The van der Waals surface area contributed by atoms with Gasteiger partial charge in [0.15, 0.2) is 5.78 Å². The first-order valence-corrected chi connectivity index (χ1v) is 7.35. The molecular weight excluding hydrogens is 316 g/mol. The molecule has 2 aromatic rings. The molecule has 0 spiro atoms. The lowest BCUT2D eigenvalue weighted by Gasteiger charge is -2.11. The summed E-state index contributed by atoms with van der Waals surface area (Å²) in [6, 6.07) is 12.0. The summed E-state index contributed by atoms with van der Waals surface area (Å²) < 4.78 is 5.17. The number of hydrogen-bond donors (Lipinski definition) is 2. The number of benzene rings is 2. The topological polar surface area (TPSA) is 67.4 Å². The second kappa shape index (κ2) is 7.65. The van der Waals surface area contributed by atoms with Gasteiger partial charge in [-0.3, -0.25) is 9.59 Å². The summed E-state index contributed by atoms with van der Waals surface area (Å²) >= 11 is 5.92. The van der Waals surface area contributed by atoms with Crippen molar-refractivity contribution in [1.29, 1.82) is 0 Å². The number of amides is 1. The van der Waals surface area contributed by atoms with Crippen LogP contribution in [0.2, 0.25) is 5.02 Å². The first kappa shape index (κ1) is 16.8. The Balaban J connectivity index is 1.99. The molecule has 120 valence electrons. The molecule has 0 bridgehead atoms. The van der Waals surface area contributed by atoms with Crippen molar-refractivity contribution in [2.45, 2.75) is 6.92 Å². The molecule has 1 amide bonds. The first-order chi connectivity index (χ1) is 11.0. The number of ketones is 1. The summed E-state index contributed by atoms with van der Waals surface area (Å²) in [4.78, 5) is 23.4. The number of methoxy groups -OCH3 is 1. The van der Waals surface area contributed by atoms with E-state index in [0.29, 0.717) is 27.7 Å². The van der Waals surface area contributed by atoms with E-state index in [1.807, 2.05) is 0 Å². The van der Waals surface area contributed by atoms with Crippen molar-refractivity contribution in [1.82, 2.24) is 0 Å². The summed E-state index contributed by atoms with van der Waals surface area (Å²) in [5.74, 6) is 0.252. The summed E-state index contributed by atoms with van der Waals surface area (Å²) in [6.45, 7) is 1.55. The molecular formula is C17H17ClN2O3. The number of ether oxygens (including phenoxy) is 1. The van der Waals surface area contributed by atoms with Crippen LogP contribution in [-0.4, -0.2) is 25.3 Å². The van der Waals surface area contributed by atoms with E-state index >= 15 is 0 Å². The third-order valence-corrected chi connectivity index (χ3v) is 3.39. The Morgan fingerprint density at radius 3 is 2.65 bits per heavy atom. The van der Waals surface area contributed by atoms with E-state index in [9.17, 15) is 9.59 Å². The molecule has 5 nitrogen and oxygen atoms in total. The molecule has 0 saturated heterocycles. The molecule has 0 aromatic heterocycles. The van der Waals surface area contributed by atoms with Gasteiger partial charge in [-0.2, -0.15) is 0 Å². The first-order valence-electron chi connectivity index (χ1n) is 6.98. The predicted octanol–water partition coefficient (Wildman–Crippen LogP) is 3.60. The quantitative estimate of drug-likeness (QED) is 0.793. The fourth-order valence-electron chi connectivity index (χ4n) is 2.00. The van der Waals surface area contributed by atoms with E-state index in [1.165, 1.54) is 14.0 Å². The molecule has 6 heteroatoms. The molecule has 0 aliphatic heterocycles. The van der Waals surface area contributed by atoms with Gasteiger partial charge in [0.25, 0.3) is 0 Å². The number of rotatable bonds is 6. The number of carbonyl (C=O) groups excluding carboxylic acids is 2. The minimum atomic E-state index is -0.251. The summed E-state index contributed by atoms with van der Waals surface area (Å²) in [5.41, 5.74) is 1.79. The number of nitrogens with one attached hydrogen (secondary N) is 2. The van der Waals surface area contributed by atoms with Crippen LogP contribution in [0.1, 0.15) is 17.3 Å². The SMILES string of the molecule is COc1ccc(Cl)cc1NC(=O)CNc1cccc(C(C)=O)c1. The number of halogens is 1. The lowest BCUT2D eigenvalue weighted by Crippen LogP contribution is -2.22. The van der Waals surface area contributed by atoms with Crippen molar-refractivity contribution in [2.75, 3.05) is 24.3 Å². The highest BCUT2D eigenvalue weighted by molar-refractivity contribution is 6.31.